The maximum absolute atomic E-state index is 13.1. The third-order valence-corrected chi connectivity index (χ3v) is 4.75. The summed E-state index contributed by atoms with van der Waals surface area (Å²) >= 11 is 0. The number of hydrogen-bond donors (Lipinski definition) is 1. The Morgan fingerprint density at radius 1 is 0.885 bits per heavy atom. The van der Waals surface area contributed by atoms with Crippen molar-refractivity contribution in [1.82, 2.24) is 0 Å². The van der Waals surface area contributed by atoms with Crippen LogP contribution in [0, 0.1) is 0 Å². The fourth-order valence-electron chi connectivity index (χ4n) is 3.09. The summed E-state index contributed by atoms with van der Waals surface area (Å²) in [5.41, 5.74) is 5.24. The van der Waals surface area contributed by atoms with E-state index in [-0.39, 0.29) is 0 Å². The lowest BCUT2D eigenvalue weighted by molar-refractivity contribution is 0.0697. The molecule has 1 atom stereocenters. The van der Waals surface area contributed by atoms with Crippen molar-refractivity contribution in [2.24, 2.45) is 0 Å². The maximum atomic E-state index is 13.1. The topological polar surface area (TPSA) is 37.3 Å². The highest BCUT2D eigenvalue weighted by molar-refractivity contribution is 5.87. The van der Waals surface area contributed by atoms with E-state index in [9.17, 15) is 9.18 Å². The molecule has 2 aromatic carbocycles. The van der Waals surface area contributed by atoms with Gasteiger partial charge in [0.15, 0.2) is 0 Å². The minimum Gasteiger partial charge on any atom is -0.478 e. The van der Waals surface area contributed by atoms with Gasteiger partial charge >= 0.3 is 5.97 Å². The molecule has 0 amide bonds. The van der Waals surface area contributed by atoms with E-state index in [1.807, 2.05) is 24.3 Å². The van der Waals surface area contributed by atoms with Crippen LogP contribution in [0.1, 0.15) is 39.9 Å². The summed E-state index contributed by atoms with van der Waals surface area (Å²) in [5.74, 6) is -0.892. The van der Waals surface area contributed by atoms with Crippen molar-refractivity contribution in [3.8, 4) is 0 Å². The normalized spacial score (nSPS) is 16.3. The maximum Gasteiger partial charge on any atom is 0.335 e. The summed E-state index contributed by atoms with van der Waals surface area (Å²) in [6.07, 6.45) is 8.94. The molecule has 1 N–H and O–H groups in total. The fourth-order valence-corrected chi connectivity index (χ4v) is 3.09. The van der Waals surface area contributed by atoms with Gasteiger partial charge in [-0.2, -0.15) is 0 Å². The average Bonchev–Trinajstić information content (AvgIpc) is 2.67. The molecule has 0 spiro atoms. The summed E-state index contributed by atoms with van der Waals surface area (Å²) in [4.78, 5) is 10.9. The SMILES string of the molecule is O=C(O)c1ccc(CCc2ccc(CCC3=CCC(F)C=C3)cc2)cc1. The number of alkyl halides is 1. The number of carbonyl (C=O) groups is 1. The number of allylic oxidation sites excluding steroid dienone is 4. The van der Waals surface area contributed by atoms with E-state index in [2.05, 4.69) is 24.3 Å². The lowest BCUT2D eigenvalue weighted by Gasteiger charge is -2.10. The Bertz CT molecular complexity index is 801. The van der Waals surface area contributed by atoms with Gasteiger partial charge in [-0.15, -0.1) is 0 Å². The van der Waals surface area contributed by atoms with Crippen LogP contribution >= 0.6 is 0 Å². The van der Waals surface area contributed by atoms with E-state index >= 15 is 0 Å². The Morgan fingerprint density at radius 3 is 1.85 bits per heavy atom. The second kappa shape index (κ2) is 8.61. The van der Waals surface area contributed by atoms with Crippen LogP contribution in [-0.4, -0.2) is 17.2 Å². The van der Waals surface area contributed by atoms with E-state index in [4.69, 9.17) is 5.11 Å². The van der Waals surface area contributed by atoms with Crippen molar-refractivity contribution in [3.63, 3.8) is 0 Å². The second-order valence-electron chi connectivity index (χ2n) is 6.71. The van der Waals surface area contributed by atoms with Crippen molar-refractivity contribution in [2.75, 3.05) is 0 Å². The van der Waals surface area contributed by atoms with Crippen LogP contribution in [0.25, 0.3) is 0 Å². The summed E-state index contributed by atoms with van der Waals surface area (Å²) < 4.78 is 13.1. The van der Waals surface area contributed by atoms with Gasteiger partial charge < -0.3 is 5.11 Å². The molecule has 3 rings (SSSR count). The van der Waals surface area contributed by atoms with E-state index in [0.717, 1.165) is 31.2 Å². The first-order valence-corrected chi connectivity index (χ1v) is 9.01. The zero-order valence-corrected chi connectivity index (χ0v) is 14.7. The van der Waals surface area contributed by atoms with Gasteiger partial charge in [-0.25, -0.2) is 9.18 Å². The zero-order chi connectivity index (χ0) is 18.4. The lowest BCUT2D eigenvalue weighted by atomic mass is 9.97. The number of carboxylic acid groups (broad SMARTS) is 1. The second-order valence-corrected chi connectivity index (χ2v) is 6.71. The van der Waals surface area contributed by atoms with Crippen molar-refractivity contribution in [2.45, 2.75) is 38.3 Å². The molecule has 0 saturated heterocycles. The summed E-state index contributed by atoms with van der Waals surface area (Å²) in [7, 11) is 0. The van der Waals surface area contributed by atoms with Gasteiger partial charge in [-0.3, -0.25) is 0 Å². The first-order chi connectivity index (χ1) is 12.6. The van der Waals surface area contributed by atoms with E-state index in [1.165, 1.54) is 16.7 Å². The highest BCUT2D eigenvalue weighted by Gasteiger charge is 2.06. The smallest absolute Gasteiger partial charge is 0.335 e. The minimum atomic E-state index is -0.892. The van der Waals surface area contributed by atoms with Crippen LogP contribution in [0.2, 0.25) is 0 Å². The number of aromatic carboxylic acids is 1. The largest absolute Gasteiger partial charge is 0.478 e. The van der Waals surface area contributed by atoms with Gasteiger partial charge in [0, 0.05) is 6.42 Å². The number of hydrogen-bond acceptors (Lipinski definition) is 1. The predicted molar refractivity (Wildman–Crippen MR) is 102 cm³/mol. The van der Waals surface area contributed by atoms with E-state index < -0.39 is 12.1 Å². The summed E-state index contributed by atoms with van der Waals surface area (Å²) in [6, 6.07) is 15.7. The minimum absolute atomic E-state index is 0.322. The molecule has 0 saturated carbocycles. The van der Waals surface area contributed by atoms with Crippen molar-refractivity contribution < 1.29 is 14.3 Å². The highest BCUT2D eigenvalue weighted by Crippen LogP contribution is 2.18. The van der Waals surface area contributed by atoms with Crippen LogP contribution in [-0.2, 0) is 19.3 Å². The third kappa shape index (κ3) is 5.16. The average molecular weight is 350 g/mol. The fraction of sp³-hybridized carbons (Fsp3) is 0.261. The molecule has 1 unspecified atom stereocenters. The van der Waals surface area contributed by atoms with Gasteiger partial charge in [-0.1, -0.05) is 60.2 Å². The molecule has 0 fully saturated rings. The molecule has 0 radical (unpaired) electrons. The van der Waals surface area contributed by atoms with Gasteiger partial charge in [0.25, 0.3) is 0 Å². The number of rotatable bonds is 7. The highest BCUT2D eigenvalue weighted by atomic mass is 19.1. The number of aryl methyl sites for hydroxylation is 3. The van der Waals surface area contributed by atoms with Gasteiger partial charge in [-0.05, 0) is 54.5 Å². The zero-order valence-electron chi connectivity index (χ0n) is 14.7. The Balaban J connectivity index is 1.48. The molecular formula is C23H23FO2. The molecule has 134 valence electrons. The van der Waals surface area contributed by atoms with Gasteiger partial charge in [0.1, 0.15) is 6.17 Å². The Labute approximate surface area is 153 Å². The van der Waals surface area contributed by atoms with Crippen molar-refractivity contribution >= 4 is 5.97 Å². The molecule has 2 aromatic rings. The Morgan fingerprint density at radius 2 is 1.38 bits per heavy atom. The molecule has 26 heavy (non-hydrogen) atoms. The molecule has 0 bridgehead atoms. The summed E-state index contributed by atoms with van der Waals surface area (Å²) in [5, 5.41) is 8.92. The van der Waals surface area contributed by atoms with Crippen molar-refractivity contribution in [1.29, 1.82) is 0 Å². The van der Waals surface area contributed by atoms with Gasteiger partial charge in [0.2, 0.25) is 0 Å². The molecule has 1 aliphatic rings. The van der Waals surface area contributed by atoms with Crippen LogP contribution in [0.15, 0.2) is 72.3 Å². The Kier molecular flexibility index (Phi) is 6.00. The third-order valence-electron chi connectivity index (χ3n) is 4.75. The van der Waals surface area contributed by atoms with E-state index in [1.54, 1.807) is 18.2 Å². The molecular weight excluding hydrogens is 327 g/mol. The lowest BCUT2D eigenvalue weighted by Crippen LogP contribution is -1.99. The number of halogens is 1. The van der Waals surface area contributed by atoms with E-state index in [0.29, 0.717) is 12.0 Å². The van der Waals surface area contributed by atoms with Crippen LogP contribution in [0.5, 0.6) is 0 Å². The molecule has 0 aromatic heterocycles. The number of benzene rings is 2. The predicted octanol–water partition coefficient (Wildman–Crippen LogP) is 5.33. The summed E-state index contributed by atoms with van der Waals surface area (Å²) in [6.45, 7) is 0. The molecule has 2 nitrogen and oxygen atoms in total. The van der Waals surface area contributed by atoms with Crippen LogP contribution < -0.4 is 0 Å². The number of carboxylic acids is 1. The quantitative estimate of drug-likeness (QED) is 0.733. The molecule has 1 aliphatic carbocycles. The van der Waals surface area contributed by atoms with Gasteiger partial charge in [0.05, 0.1) is 5.56 Å². The molecule has 0 heterocycles. The monoisotopic (exact) mass is 350 g/mol. The Hall–Kier alpha value is -2.68. The molecule has 3 heteroatoms. The van der Waals surface area contributed by atoms with Crippen molar-refractivity contribution in [3.05, 3.63) is 94.6 Å². The standard InChI is InChI=1S/C23H23FO2/c24-22-15-11-20(12-16-22)8-6-18-3-1-17(2-4-18)5-7-19-9-13-21(14-10-19)23(25)26/h1-4,9-15,22H,5-8,16H2,(H,25,26). The molecule has 0 aliphatic heterocycles. The first kappa shape index (κ1) is 18.1. The van der Waals surface area contributed by atoms with Crippen LogP contribution in [0.4, 0.5) is 4.39 Å². The first-order valence-electron chi connectivity index (χ1n) is 9.01. The van der Waals surface area contributed by atoms with Crippen LogP contribution in [0.3, 0.4) is 0 Å².